The van der Waals surface area contributed by atoms with E-state index in [2.05, 4.69) is 30.4 Å². The monoisotopic (exact) mass is 287 g/mol. The number of halogens is 1. The summed E-state index contributed by atoms with van der Waals surface area (Å²) >= 11 is 5.87. The van der Waals surface area contributed by atoms with Crippen LogP contribution in [-0.4, -0.2) is 12.6 Å². The molecule has 1 heterocycles. The minimum atomic E-state index is 0.235. The van der Waals surface area contributed by atoms with E-state index in [4.69, 9.17) is 16.3 Å². The van der Waals surface area contributed by atoms with Crippen LogP contribution in [0.5, 0.6) is 5.75 Å². The fraction of sp³-hybridized carbons (Fsp3) is 0.294. The molecule has 1 N–H and O–H groups in total. The first kappa shape index (κ1) is 13.5. The molecule has 1 unspecified atom stereocenters. The third-order valence-corrected chi connectivity index (χ3v) is 3.82. The summed E-state index contributed by atoms with van der Waals surface area (Å²) in [7, 11) is 0. The number of aryl methyl sites for hydroxylation is 1. The van der Waals surface area contributed by atoms with Crippen molar-refractivity contribution in [2.24, 2.45) is 0 Å². The molecule has 104 valence electrons. The highest BCUT2D eigenvalue weighted by atomic mass is 35.5. The maximum absolute atomic E-state index is 5.94. The molecule has 1 aliphatic rings. The number of benzene rings is 2. The van der Waals surface area contributed by atoms with Gasteiger partial charge in [0.05, 0.1) is 0 Å². The number of ether oxygens (including phenoxy) is 1. The van der Waals surface area contributed by atoms with Crippen LogP contribution in [0.25, 0.3) is 0 Å². The van der Waals surface area contributed by atoms with Gasteiger partial charge in [0.25, 0.3) is 0 Å². The van der Waals surface area contributed by atoms with Gasteiger partial charge in [-0.1, -0.05) is 41.4 Å². The smallest absolute Gasteiger partial charge is 0.123 e. The highest BCUT2D eigenvalue weighted by Crippen LogP contribution is 2.29. The first-order valence-corrected chi connectivity index (χ1v) is 7.30. The van der Waals surface area contributed by atoms with Gasteiger partial charge >= 0.3 is 0 Å². The third-order valence-electron chi connectivity index (χ3n) is 3.57. The van der Waals surface area contributed by atoms with Gasteiger partial charge in [0.1, 0.15) is 11.9 Å². The van der Waals surface area contributed by atoms with Crippen molar-refractivity contribution in [2.75, 3.05) is 6.54 Å². The maximum atomic E-state index is 5.94. The van der Waals surface area contributed by atoms with Crippen molar-refractivity contribution in [3.05, 3.63) is 64.2 Å². The summed E-state index contributed by atoms with van der Waals surface area (Å²) in [6, 6.07) is 14.3. The topological polar surface area (TPSA) is 21.3 Å². The molecule has 20 heavy (non-hydrogen) atoms. The van der Waals surface area contributed by atoms with Gasteiger partial charge in [-0.25, -0.2) is 0 Å². The van der Waals surface area contributed by atoms with Crippen LogP contribution in [0.2, 0.25) is 5.02 Å². The Balaban J connectivity index is 1.50. The Morgan fingerprint density at radius 2 is 2.00 bits per heavy atom. The normalized spacial score (nSPS) is 16.8. The predicted molar refractivity (Wildman–Crippen MR) is 82.5 cm³/mol. The zero-order valence-electron chi connectivity index (χ0n) is 11.5. The molecule has 0 saturated carbocycles. The quantitative estimate of drug-likeness (QED) is 0.925. The molecule has 1 aliphatic heterocycles. The fourth-order valence-electron chi connectivity index (χ4n) is 2.54. The molecule has 0 bridgehead atoms. The standard InChI is InChI=1S/C17H18ClNO/c1-12-2-7-17-14(8-12)9-16(20-17)11-19-10-13-3-5-15(18)6-4-13/h2-8,16,19H,9-11H2,1H3. The molecular formula is C17H18ClNO. The van der Waals surface area contributed by atoms with Crippen molar-refractivity contribution in [3.63, 3.8) is 0 Å². The average Bonchev–Trinajstić information content (AvgIpc) is 2.83. The second-order valence-corrected chi connectivity index (χ2v) is 5.75. The Kier molecular flexibility index (Phi) is 3.95. The van der Waals surface area contributed by atoms with Gasteiger partial charge in [0.15, 0.2) is 0 Å². The predicted octanol–water partition coefficient (Wildman–Crippen LogP) is 3.74. The minimum absolute atomic E-state index is 0.235. The van der Waals surface area contributed by atoms with Crippen LogP contribution in [0.15, 0.2) is 42.5 Å². The van der Waals surface area contributed by atoms with Gasteiger partial charge in [-0.3, -0.25) is 0 Å². The summed E-state index contributed by atoms with van der Waals surface area (Å²) in [5.41, 5.74) is 3.85. The minimum Gasteiger partial charge on any atom is -0.488 e. The number of hydrogen-bond acceptors (Lipinski definition) is 2. The molecule has 0 radical (unpaired) electrons. The van der Waals surface area contributed by atoms with E-state index in [1.807, 2.05) is 24.3 Å². The molecule has 3 rings (SSSR count). The molecule has 0 amide bonds. The van der Waals surface area contributed by atoms with E-state index < -0.39 is 0 Å². The summed E-state index contributed by atoms with van der Waals surface area (Å²) in [4.78, 5) is 0. The highest BCUT2D eigenvalue weighted by Gasteiger charge is 2.22. The Morgan fingerprint density at radius 1 is 1.20 bits per heavy atom. The van der Waals surface area contributed by atoms with Crippen LogP contribution in [0, 0.1) is 6.92 Å². The lowest BCUT2D eigenvalue weighted by Gasteiger charge is -2.12. The van der Waals surface area contributed by atoms with Crippen molar-refractivity contribution in [1.29, 1.82) is 0 Å². The van der Waals surface area contributed by atoms with Gasteiger partial charge in [-0.2, -0.15) is 0 Å². The van der Waals surface area contributed by atoms with Gasteiger partial charge in [0, 0.05) is 24.5 Å². The second kappa shape index (κ2) is 5.86. The molecule has 0 spiro atoms. The molecule has 2 aromatic carbocycles. The summed E-state index contributed by atoms with van der Waals surface area (Å²) in [6.07, 6.45) is 1.23. The summed E-state index contributed by atoms with van der Waals surface area (Å²) in [5.74, 6) is 1.04. The first-order valence-electron chi connectivity index (χ1n) is 6.92. The van der Waals surface area contributed by atoms with Gasteiger partial charge in [-0.05, 0) is 36.2 Å². The summed E-state index contributed by atoms with van der Waals surface area (Å²) in [5, 5.41) is 4.22. The van der Waals surface area contributed by atoms with E-state index in [1.54, 1.807) is 0 Å². The van der Waals surface area contributed by atoms with Crippen LogP contribution < -0.4 is 10.1 Å². The molecule has 0 aromatic heterocycles. The van der Waals surface area contributed by atoms with Crippen molar-refractivity contribution >= 4 is 11.6 Å². The Labute approximate surface area is 124 Å². The Bertz CT molecular complexity index is 594. The van der Waals surface area contributed by atoms with Crippen molar-refractivity contribution in [1.82, 2.24) is 5.32 Å². The zero-order valence-corrected chi connectivity index (χ0v) is 12.3. The lowest BCUT2D eigenvalue weighted by Crippen LogP contribution is -2.29. The lowest BCUT2D eigenvalue weighted by atomic mass is 10.1. The zero-order chi connectivity index (χ0) is 13.9. The molecule has 3 heteroatoms. The van der Waals surface area contributed by atoms with Crippen molar-refractivity contribution in [3.8, 4) is 5.75 Å². The van der Waals surface area contributed by atoms with Crippen LogP contribution in [0.4, 0.5) is 0 Å². The van der Waals surface area contributed by atoms with Crippen molar-refractivity contribution in [2.45, 2.75) is 26.0 Å². The van der Waals surface area contributed by atoms with E-state index in [0.717, 1.165) is 30.3 Å². The average molecular weight is 288 g/mol. The summed E-state index contributed by atoms with van der Waals surface area (Å²) in [6.45, 7) is 3.81. The molecule has 0 aliphatic carbocycles. The Morgan fingerprint density at radius 3 is 2.80 bits per heavy atom. The first-order chi connectivity index (χ1) is 9.70. The largest absolute Gasteiger partial charge is 0.488 e. The highest BCUT2D eigenvalue weighted by molar-refractivity contribution is 6.30. The summed E-state index contributed by atoms with van der Waals surface area (Å²) < 4.78 is 5.94. The maximum Gasteiger partial charge on any atom is 0.123 e. The van der Waals surface area contributed by atoms with Gasteiger partial charge in [0.2, 0.25) is 0 Å². The van der Waals surface area contributed by atoms with Gasteiger partial charge < -0.3 is 10.1 Å². The van der Waals surface area contributed by atoms with Crippen LogP contribution in [0.1, 0.15) is 16.7 Å². The number of rotatable bonds is 4. The number of fused-ring (bicyclic) bond motifs is 1. The third kappa shape index (κ3) is 3.14. The molecular weight excluding hydrogens is 270 g/mol. The number of hydrogen-bond donors (Lipinski definition) is 1. The van der Waals surface area contributed by atoms with E-state index in [9.17, 15) is 0 Å². The van der Waals surface area contributed by atoms with E-state index in [-0.39, 0.29) is 6.10 Å². The molecule has 0 saturated heterocycles. The molecule has 2 nitrogen and oxygen atoms in total. The molecule has 0 fully saturated rings. The van der Waals surface area contributed by atoms with E-state index >= 15 is 0 Å². The SMILES string of the molecule is Cc1ccc2c(c1)CC(CNCc1ccc(Cl)cc1)O2. The van der Waals surface area contributed by atoms with Gasteiger partial charge in [-0.15, -0.1) is 0 Å². The second-order valence-electron chi connectivity index (χ2n) is 5.31. The van der Waals surface area contributed by atoms with Crippen LogP contribution >= 0.6 is 11.6 Å². The van der Waals surface area contributed by atoms with Crippen LogP contribution in [0.3, 0.4) is 0 Å². The fourth-order valence-corrected chi connectivity index (χ4v) is 2.67. The molecule has 1 atom stereocenters. The van der Waals surface area contributed by atoms with E-state index in [0.29, 0.717) is 0 Å². The Hall–Kier alpha value is -1.51. The number of nitrogens with one attached hydrogen (secondary N) is 1. The molecule has 2 aromatic rings. The van der Waals surface area contributed by atoms with E-state index in [1.165, 1.54) is 16.7 Å². The lowest BCUT2D eigenvalue weighted by molar-refractivity contribution is 0.227. The van der Waals surface area contributed by atoms with Crippen LogP contribution in [-0.2, 0) is 13.0 Å². The van der Waals surface area contributed by atoms with Crippen molar-refractivity contribution < 1.29 is 4.74 Å².